The molecule has 144 valence electrons. The van der Waals surface area contributed by atoms with Gasteiger partial charge in [-0.3, -0.25) is 14.3 Å². The van der Waals surface area contributed by atoms with E-state index in [1.807, 2.05) is 43.3 Å². The first-order valence-corrected chi connectivity index (χ1v) is 8.97. The number of nitrogens with zero attached hydrogens (tertiary/aromatic N) is 2. The Balaban J connectivity index is 1.94. The summed E-state index contributed by atoms with van der Waals surface area (Å²) in [6.45, 7) is 2.36. The van der Waals surface area contributed by atoms with E-state index in [-0.39, 0.29) is 12.1 Å². The van der Waals surface area contributed by atoms with Crippen LogP contribution in [0.5, 0.6) is 0 Å². The van der Waals surface area contributed by atoms with Crippen molar-refractivity contribution in [1.29, 1.82) is 0 Å². The van der Waals surface area contributed by atoms with Gasteiger partial charge < -0.3 is 10.1 Å². The van der Waals surface area contributed by atoms with Crippen molar-refractivity contribution in [2.75, 3.05) is 7.11 Å². The van der Waals surface area contributed by atoms with Crippen LogP contribution in [0.25, 0.3) is 10.9 Å². The highest BCUT2D eigenvalue weighted by molar-refractivity contribution is 5.97. The first-order chi connectivity index (χ1) is 13.5. The second kappa shape index (κ2) is 8.47. The van der Waals surface area contributed by atoms with Gasteiger partial charge in [-0.1, -0.05) is 42.5 Å². The van der Waals surface area contributed by atoms with Crippen LogP contribution in [0.4, 0.5) is 0 Å². The highest BCUT2D eigenvalue weighted by Gasteiger charge is 2.25. The minimum atomic E-state index is -0.928. The highest BCUT2D eigenvalue weighted by atomic mass is 16.5. The smallest absolute Gasteiger partial charge is 0.328 e. The average Bonchev–Trinajstić information content (AvgIpc) is 2.73. The molecule has 0 radical (unpaired) electrons. The molecule has 0 aliphatic heterocycles. The van der Waals surface area contributed by atoms with Gasteiger partial charge in [-0.25, -0.2) is 4.79 Å². The summed E-state index contributed by atoms with van der Waals surface area (Å²) in [5, 5.41) is 7.21. The van der Waals surface area contributed by atoms with Gasteiger partial charge in [0.1, 0.15) is 6.04 Å². The zero-order valence-electron chi connectivity index (χ0n) is 15.7. The third-order valence-corrected chi connectivity index (χ3v) is 4.45. The predicted octanol–water partition coefficient (Wildman–Crippen LogP) is 1.93. The first-order valence-electron chi connectivity index (χ1n) is 8.97. The lowest BCUT2D eigenvalue weighted by atomic mass is 10.1. The maximum atomic E-state index is 12.8. The molecular weight excluding hydrogens is 358 g/mol. The summed E-state index contributed by atoms with van der Waals surface area (Å²) in [5.41, 5.74) is 0.791. The van der Waals surface area contributed by atoms with Crippen LogP contribution < -0.4 is 10.7 Å². The molecule has 3 rings (SSSR count). The maximum Gasteiger partial charge on any atom is 0.328 e. The molecule has 7 nitrogen and oxygen atoms in total. The molecule has 1 amide bonds. The maximum absolute atomic E-state index is 12.8. The lowest BCUT2D eigenvalue weighted by molar-refractivity contribution is -0.142. The lowest BCUT2D eigenvalue weighted by Crippen LogP contribution is -2.45. The Labute approximate surface area is 161 Å². The van der Waals surface area contributed by atoms with E-state index in [1.54, 1.807) is 22.9 Å². The van der Waals surface area contributed by atoms with Crippen LogP contribution >= 0.6 is 0 Å². The fraction of sp³-hybridized carbons (Fsp3) is 0.238. The Morgan fingerprint density at radius 1 is 1.11 bits per heavy atom. The van der Waals surface area contributed by atoms with Gasteiger partial charge in [0.05, 0.1) is 12.6 Å². The molecule has 2 aromatic carbocycles. The number of para-hydroxylation sites is 1. The molecule has 28 heavy (non-hydrogen) atoms. The topological polar surface area (TPSA) is 90.3 Å². The Morgan fingerprint density at radius 3 is 2.46 bits per heavy atom. The number of esters is 1. The Bertz CT molecular complexity index is 1060. The number of benzene rings is 2. The molecule has 3 aromatic rings. The molecule has 1 atom stereocenters. The minimum Gasteiger partial charge on any atom is -0.467 e. The van der Waals surface area contributed by atoms with E-state index >= 15 is 0 Å². The third-order valence-electron chi connectivity index (χ3n) is 4.45. The Morgan fingerprint density at radius 2 is 1.79 bits per heavy atom. The van der Waals surface area contributed by atoms with Crippen molar-refractivity contribution < 1.29 is 14.3 Å². The molecule has 1 unspecified atom stereocenters. The van der Waals surface area contributed by atoms with Gasteiger partial charge >= 0.3 is 5.97 Å². The van der Waals surface area contributed by atoms with Crippen molar-refractivity contribution in [2.24, 2.45) is 0 Å². The summed E-state index contributed by atoms with van der Waals surface area (Å²) < 4.78 is 6.40. The second-order valence-electron chi connectivity index (χ2n) is 6.25. The number of amides is 1. The van der Waals surface area contributed by atoms with Crippen LogP contribution in [0, 0.1) is 0 Å². The number of aromatic nitrogens is 2. The fourth-order valence-corrected chi connectivity index (χ4v) is 3.04. The van der Waals surface area contributed by atoms with Crippen LogP contribution in [0.15, 0.2) is 59.4 Å². The predicted molar refractivity (Wildman–Crippen MR) is 105 cm³/mol. The van der Waals surface area contributed by atoms with Gasteiger partial charge in [-0.05, 0) is 24.6 Å². The molecule has 0 saturated heterocycles. The van der Waals surface area contributed by atoms with E-state index in [0.717, 1.165) is 5.56 Å². The molecule has 1 aromatic heterocycles. The molecule has 1 N–H and O–H groups in total. The van der Waals surface area contributed by atoms with Gasteiger partial charge in [0.15, 0.2) is 5.69 Å². The van der Waals surface area contributed by atoms with Crippen molar-refractivity contribution in [2.45, 2.75) is 25.9 Å². The largest absolute Gasteiger partial charge is 0.467 e. The molecule has 0 aliphatic carbocycles. The van der Waals surface area contributed by atoms with E-state index in [0.29, 0.717) is 17.4 Å². The number of methoxy groups -OCH3 is 1. The summed E-state index contributed by atoms with van der Waals surface area (Å²) >= 11 is 0. The summed E-state index contributed by atoms with van der Waals surface area (Å²) in [7, 11) is 1.25. The summed E-state index contributed by atoms with van der Waals surface area (Å²) in [4.78, 5) is 37.7. The minimum absolute atomic E-state index is 0.245. The number of aryl methyl sites for hydroxylation is 1. The van der Waals surface area contributed by atoms with Crippen LogP contribution in [-0.4, -0.2) is 34.8 Å². The number of hydrogen-bond donors (Lipinski definition) is 1. The van der Waals surface area contributed by atoms with E-state index < -0.39 is 23.3 Å². The first kappa shape index (κ1) is 19.3. The molecule has 0 fully saturated rings. The van der Waals surface area contributed by atoms with Crippen LogP contribution in [0.2, 0.25) is 0 Å². The zero-order chi connectivity index (χ0) is 20.1. The molecule has 0 saturated carbocycles. The van der Waals surface area contributed by atoms with Gasteiger partial charge in [0.25, 0.3) is 5.91 Å². The van der Waals surface area contributed by atoms with Crippen molar-refractivity contribution in [3.63, 3.8) is 0 Å². The normalized spacial score (nSPS) is 11.8. The Hall–Kier alpha value is -3.48. The lowest BCUT2D eigenvalue weighted by Gasteiger charge is -2.17. The quantitative estimate of drug-likeness (QED) is 0.661. The zero-order valence-corrected chi connectivity index (χ0v) is 15.7. The number of rotatable bonds is 6. The molecule has 7 heteroatoms. The molecule has 0 bridgehead atoms. The van der Waals surface area contributed by atoms with Gasteiger partial charge in [-0.15, -0.1) is 0 Å². The second-order valence-corrected chi connectivity index (χ2v) is 6.25. The van der Waals surface area contributed by atoms with Crippen molar-refractivity contribution in [3.05, 3.63) is 76.1 Å². The van der Waals surface area contributed by atoms with E-state index in [1.165, 1.54) is 7.11 Å². The number of carbonyl (C=O) groups excluding carboxylic acids is 2. The van der Waals surface area contributed by atoms with E-state index in [2.05, 4.69) is 10.4 Å². The number of nitrogens with one attached hydrogen (secondary N) is 1. The average molecular weight is 379 g/mol. The number of ether oxygens (including phenoxy) is 1. The van der Waals surface area contributed by atoms with Crippen LogP contribution in [0.1, 0.15) is 23.0 Å². The number of carbonyl (C=O) groups is 2. The van der Waals surface area contributed by atoms with E-state index in [4.69, 9.17) is 4.74 Å². The molecule has 0 aliphatic rings. The monoisotopic (exact) mass is 379 g/mol. The Kier molecular flexibility index (Phi) is 5.84. The summed E-state index contributed by atoms with van der Waals surface area (Å²) in [5.74, 6) is -1.29. The van der Waals surface area contributed by atoms with Crippen LogP contribution in [0.3, 0.4) is 0 Å². The fourth-order valence-electron chi connectivity index (χ4n) is 3.04. The SMILES string of the molecule is CCn1nc(C(=O)NC(Cc2ccccc2)C(=O)OC)c(=O)c2ccccc21. The number of hydrogen-bond acceptors (Lipinski definition) is 5. The van der Waals surface area contributed by atoms with Gasteiger partial charge in [-0.2, -0.15) is 5.10 Å². The third kappa shape index (κ3) is 3.93. The van der Waals surface area contributed by atoms with Crippen LogP contribution in [-0.2, 0) is 22.5 Å². The molecule has 0 spiro atoms. The van der Waals surface area contributed by atoms with Crippen molar-refractivity contribution in [1.82, 2.24) is 15.1 Å². The standard InChI is InChI=1S/C21H21N3O4/c1-3-24-17-12-8-7-11-15(17)19(25)18(23-24)20(26)22-16(21(27)28-2)13-14-9-5-4-6-10-14/h4-12,16H,3,13H2,1-2H3,(H,22,26). The molecular formula is C21H21N3O4. The summed E-state index contributed by atoms with van der Waals surface area (Å²) in [6, 6.07) is 15.3. The van der Waals surface area contributed by atoms with Crippen molar-refractivity contribution in [3.8, 4) is 0 Å². The number of fused-ring (bicyclic) bond motifs is 1. The van der Waals surface area contributed by atoms with Gasteiger partial charge in [0.2, 0.25) is 5.43 Å². The summed E-state index contributed by atoms with van der Waals surface area (Å²) in [6.07, 6.45) is 0.245. The molecule has 1 heterocycles. The van der Waals surface area contributed by atoms with Crippen molar-refractivity contribution >= 4 is 22.8 Å². The van der Waals surface area contributed by atoms with E-state index in [9.17, 15) is 14.4 Å². The highest BCUT2D eigenvalue weighted by Crippen LogP contribution is 2.10. The van der Waals surface area contributed by atoms with Gasteiger partial charge in [0, 0.05) is 18.4 Å².